The van der Waals surface area contributed by atoms with Gasteiger partial charge in [0.25, 0.3) is 0 Å². The molecule has 14 heavy (non-hydrogen) atoms. The first-order valence-electron chi connectivity index (χ1n) is 5.34. The lowest BCUT2D eigenvalue weighted by Gasteiger charge is -2.34. The minimum absolute atomic E-state index is 0.552. The number of hydrogen-bond donors (Lipinski definition) is 0. The standard InChI is InChI=1S/C11H20O2Si/c1-9(2)14(10(3)4)11(5-7-12)6-8-13-14/h5,7,9-10H,6,8H2,1-4H3/b11-5+. The average Bonchev–Trinajstić information content (AvgIpc) is 2.49. The van der Waals surface area contributed by atoms with Crippen LogP contribution in [0.15, 0.2) is 11.3 Å². The lowest BCUT2D eigenvalue weighted by atomic mass is 10.4. The summed E-state index contributed by atoms with van der Waals surface area (Å²) in [4.78, 5) is 10.6. The number of hydrogen-bond acceptors (Lipinski definition) is 2. The van der Waals surface area contributed by atoms with Gasteiger partial charge in [-0.25, -0.2) is 0 Å². The summed E-state index contributed by atoms with van der Waals surface area (Å²) in [5.41, 5.74) is 1.10. The molecule has 1 fully saturated rings. The third-order valence-corrected chi connectivity index (χ3v) is 8.73. The normalized spacial score (nSPS) is 23.7. The predicted molar refractivity (Wildman–Crippen MR) is 60.7 cm³/mol. The van der Waals surface area contributed by atoms with E-state index >= 15 is 0 Å². The van der Waals surface area contributed by atoms with E-state index < -0.39 is 8.32 Å². The molecule has 0 N–H and O–H groups in total. The minimum atomic E-state index is -1.81. The molecule has 0 aromatic rings. The highest BCUT2D eigenvalue weighted by atomic mass is 28.4. The van der Waals surface area contributed by atoms with Gasteiger partial charge >= 0.3 is 0 Å². The van der Waals surface area contributed by atoms with Gasteiger partial charge in [-0.2, -0.15) is 0 Å². The first kappa shape index (κ1) is 11.7. The van der Waals surface area contributed by atoms with E-state index in [-0.39, 0.29) is 0 Å². The molecule has 1 aliphatic rings. The van der Waals surface area contributed by atoms with Crippen molar-refractivity contribution in [2.24, 2.45) is 0 Å². The summed E-state index contributed by atoms with van der Waals surface area (Å²) in [6.45, 7) is 9.68. The summed E-state index contributed by atoms with van der Waals surface area (Å²) in [7, 11) is -1.81. The Labute approximate surface area is 87.5 Å². The molecule has 0 saturated carbocycles. The molecule has 0 radical (unpaired) electrons. The van der Waals surface area contributed by atoms with E-state index in [0.717, 1.165) is 19.3 Å². The number of allylic oxidation sites excluding steroid dienone is 1. The van der Waals surface area contributed by atoms with Crippen LogP contribution in [0, 0.1) is 0 Å². The highest BCUT2D eigenvalue weighted by Crippen LogP contribution is 2.44. The number of aldehydes is 1. The first-order valence-corrected chi connectivity index (χ1v) is 7.40. The molecule has 80 valence electrons. The molecule has 1 saturated heterocycles. The van der Waals surface area contributed by atoms with Gasteiger partial charge in [-0.15, -0.1) is 0 Å². The van der Waals surface area contributed by atoms with Crippen LogP contribution >= 0.6 is 0 Å². The van der Waals surface area contributed by atoms with Crippen LogP contribution in [-0.4, -0.2) is 21.2 Å². The Balaban J connectivity index is 3.08. The van der Waals surface area contributed by atoms with Crippen molar-refractivity contribution in [2.75, 3.05) is 6.61 Å². The van der Waals surface area contributed by atoms with Crippen molar-refractivity contribution >= 4 is 14.6 Å². The van der Waals surface area contributed by atoms with Crippen molar-refractivity contribution in [3.8, 4) is 0 Å². The fraction of sp³-hybridized carbons (Fsp3) is 0.727. The van der Waals surface area contributed by atoms with Crippen LogP contribution in [0.5, 0.6) is 0 Å². The monoisotopic (exact) mass is 212 g/mol. The summed E-state index contributed by atoms with van der Waals surface area (Å²) >= 11 is 0. The summed E-state index contributed by atoms with van der Waals surface area (Å²) in [6.07, 6.45) is 3.62. The topological polar surface area (TPSA) is 26.3 Å². The second-order valence-corrected chi connectivity index (χ2v) is 9.36. The molecule has 1 heterocycles. The molecule has 0 bridgehead atoms. The summed E-state index contributed by atoms with van der Waals surface area (Å²) < 4.78 is 6.04. The van der Waals surface area contributed by atoms with Gasteiger partial charge in [0.1, 0.15) is 6.29 Å². The van der Waals surface area contributed by atoms with E-state index in [0.29, 0.717) is 11.1 Å². The van der Waals surface area contributed by atoms with Crippen LogP contribution in [0.1, 0.15) is 34.1 Å². The van der Waals surface area contributed by atoms with Crippen molar-refractivity contribution < 1.29 is 9.22 Å². The molecule has 3 heteroatoms. The van der Waals surface area contributed by atoms with E-state index in [2.05, 4.69) is 27.7 Å². The number of rotatable bonds is 3. The van der Waals surface area contributed by atoms with Gasteiger partial charge < -0.3 is 4.43 Å². The summed E-state index contributed by atoms with van der Waals surface area (Å²) in [6, 6.07) is 0. The number of carbonyl (C=O) groups excluding carboxylic acids is 1. The first-order chi connectivity index (χ1) is 6.55. The molecule has 1 rings (SSSR count). The zero-order valence-corrected chi connectivity index (χ0v) is 10.5. The Kier molecular flexibility index (Phi) is 3.67. The molecular weight excluding hydrogens is 192 g/mol. The predicted octanol–water partition coefficient (Wildman–Crippen LogP) is 2.84. The molecular formula is C11H20O2Si. The van der Waals surface area contributed by atoms with Crippen LogP contribution in [-0.2, 0) is 9.22 Å². The van der Waals surface area contributed by atoms with Gasteiger partial charge in [-0.05, 0) is 28.8 Å². The fourth-order valence-corrected chi connectivity index (χ4v) is 7.58. The maximum atomic E-state index is 10.6. The lowest BCUT2D eigenvalue weighted by molar-refractivity contribution is -0.104. The second kappa shape index (κ2) is 4.40. The Morgan fingerprint density at radius 2 is 1.86 bits per heavy atom. The van der Waals surface area contributed by atoms with E-state index in [1.165, 1.54) is 5.20 Å². The van der Waals surface area contributed by atoms with E-state index in [4.69, 9.17) is 4.43 Å². The molecule has 0 atom stereocenters. The Hall–Kier alpha value is -0.413. The Morgan fingerprint density at radius 3 is 2.29 bits per heavy atom. The smallest absolute Gasteiger partial charge is 0.225 e. The van der Waals surface area contributed by atoms with Gasteiger partial charge in [0.15, 0.2) is 0 Å². The quantitative estimate of drug-likeness (QED) is 0.408. The lowest BCUT2D eigenvalue weighted by Crippen LogP contribution is -2.43. The summed E-state index contributed by atoms with van der Waals surface area (Å²) in [5, 5.41) is 1.30. The zero-order valence-electron chi connectivity index (χ0n) is 9.54. The average molecular weight is 212 g/mol. The van der Waals surface area contributed by atoms with Gasteiger partial charge in [-0.1, -0.05) is 27.7 Å². The van der Waals surface area contributed by atoms with Crippen molar-refractivity contribution in [1.29, 1.82) is 0 Å². The van der Waals surface area contributed by atoms with Crippen LogP contribution in [0.3, 0.4) is 0 Å². The van der Waals surface area contributed by atoms with E-state index in [1.54, 1.807) is 6.08 Å². The van der Waals surface area contributed by atoms with Crippen molar-refractivity contribution in [3.63, 3.8) is 0 Å². The fourth-order valence-electron chi connectivity index (χ4n) is 2.66. The SMILES string of the molecule is CC(C)[Si]1(C(C)C)OCC/C1=C\C=O. The van der Waals surface area contributed by atoms with Crippen LogP contribution < -0.4 is 0 Å². The van der Waals surface area contributed by atoms with E-state index in [9.17, 15) is 4.79 Å². The van der Waals surface area contributed by atoms with Crippen molar-refractivity contribution in [1.82, 2.24) is 0 Å². The van der Waals surface area contributed by atoms with Gasteiger partial charge in [0.2, 0.25) is 8.32 Å². The molecule has 0 aromatic carbocycles. The molecule has 0 spiro atoms. The van der Waals surface area contributed by atoms with Gasteiger partial charge in [0.05, 0.1) is 0 Å². The van der Waals surface area contributed by atoms with Gasteiger partial charge in [0, 0.05) is 6.61 Å². The summed E-state index contributed by atoms with van der Waals surface area (Å²) in [5.74, 6) is 0. The van der Waals surface area contributed by atoms with E-state index in [1.807, 2.05) is 0 Å². The molecule has 1 aliphatic heterocycles. The van der Waals surface area contributed by atoms with Crippen LogP contribution in [0.2, 0.25) is 11.1 Å². The second-order valence-electron chi connectivity index (χ2n) is 4.53. The molecule has 2 nitrogen and oxygen atoms in total. The van der Waals surface area contributed by atoms with Gasteiger partial charge in [-0.3, -0.25) is 4.79 Å². The third kappa shape index (κ3) is 1.71. The molecule has 0 aromatic heterocycles. The van der Waals surface area contributed by atoms with Crippen LogP contribution in [0.4, 0.5) is 0 Å². The highest BCUT2D eigenvalue weighted by molar-refractivity contribution is 6.84. The Bertz CT molecular complexity index is 236. The Morgan fingerprint density at radius 1 is 1.29 bits per heavy atom. The maximum absolute atomic E-state index is 10.6. The largest absolute Gasteiger partial charge is 0.412 e. The highest BCUT2D eigenvalue weighted by Gasteiger charge is 2.48. The number of carbonyl (C=O) groups is 1. The molecule has 0 aliphatic carbocycles. The van der Waals surface area contributed by atoms with Crippen molar-refractivity contribution in [3.05, 3.63) is 11.3 Å². The molecule has 0 amide bonds. The van der Waals surface area contributed by atoms with Crippen molar-refractivity contribution in [2.45, 2.75) is 45.2 Å². The zero-order chi connectivity index (χ0) is 10.8. The maximum Gasteiger partial charge on any atom is 0.225 e. The van der Waals surface area contributed by atoms with Crippen LogP contribution in [0.25, 0.3) is 0 Å². The minimum Gasteiger partial charge on any atom is -0.412 e. The third-order valence-electron chi connectivity index (χ3n) is 3.20. The molecule has 0 unspecified atom stereocenters.